The average Bonchev–Trinajstić information content (AvgIpc) is 3.77. The first-order valence-corrected chi connectivity index (χ1v) is 20.8. The third-order valence-corrected chi connectivity index (χ3v) is 14.5. The van der Waals surface area contributed by atoms with Crippen LogP contribution >= 0.6 is 0 Å². The molecule has 5 aliphatic rings. The summed E-state index contributed by atoms with van der Waals surface area (Å²) >= 11 is 0. The lowest BCUT2D eigenvalue weighted by atomic mass is 9.52. The summed E-state index contributed by atoms with van der Waals surface area (Å²) in [5, 5.41) is 0. The number of likely N-dealkylation sites (tertiary alicyclic amines) is 1. The number of Topliss-reactive ketones (excluding diaryl/α,β-unsaturated/α-hetero) is 1. The van der Waals surface area contributed by atoms with Gasteiger partial charge in [-0.15, -0.1) is 0 Å². The predicted octanol–water partition coefficient (Wildman–Crippen LogP) is 9.26. The first-order valence-electron chi connectivity index (χ1n) is 19.3. The number of alkyl halides is 5. The van der Waals surface area contributed by atoms with Crippen LogP contribution in [-0.2, 0) is 26.8 Å². The summed E-state index contributed by atoms with van der Waals surface area (Å²) in [5.41, 5.74) is 2.42. The van der Waals surface area contributed by atoms with E-state index in [2.05, 4.69) is 19.1 Å². The molecule has 0 N–H and O–H groups in total. The smallest absolute Gasteiger partial charge is 0.410 e. The van der Waals surface area contributed by atoms with Crippen LogP contribution in [0.15, 0.2) is 18.2 Å². The minimum absolute atomic E-state index is 0.130. The zero-order valence-electron chi connectivity index (χ0n) is 29.8. The second kappa shape index (κ2) is 16.1. The van der Waals surface area contributed by atoms with Gasteiger partial charge in [0, 0.05) is 65.5 Å². The van der Waals surface area contributed by atoms with Crippen molar-refractivity contribution >= 4 is 22.7 Å². The molecule has 0 aromatic heterocycles. The molecule has 2 saturated heterocycles. The molecule has 2 heterocycles. The summed E-state index contributed by atoms with van der Waals surface area (Å²) in [6.07, 6.45) is 4.90. The van der Waals surface area contributed by atoms with E-state index in [1.165, 1.54) is 11.1 Å². The number of carbonyl (C=O) groups excluding carboxylic acids is 2. The van der Waals surface area contributed by atoms with Crippen molar-refractivity contribution in [3.63, 3.8) is 0 Å². The fraction of sp³-hybridized carbons (Fsp3) is 0.795. The van der Waals surface area contributed by atoms with Crippen LogP contribution in [0, 0.1) is 35.0 Å². The van der Waals surface area contributed by atoms with E-state index >= 15 is 0 Å². The van der Waals surface area contributed by atoms with Crippen molar-refractivity contribution in [3.8, 4) is 5.75 Å². The monoisotopic (exact) mass is 743 g/mol. The molecule has 2 aliphatic heterocycles. The number of carbonyl (C=O) groups is 2. The Labute approximate surface area is 301 Å². The highest BCUT2D eigenvalue weighted by molar-refractivity contribution is 7.84. The molecule has 1 aromatic carbocycles. The fourth-order valence-electron chi connectivity index (χ4n) is 10.1. The number of benzene rings is 1. The van der Waals surface area contributed by atoms with E-state index in [1.54, 1.807) is 0 Å². The molecule has 6 nitrogen and oxygen atoms in total. The van der Waals surface area contributed by atoms with Gasteiger partial charge in [0.1, 0.15) is 11.5 Å². The van der Waals surface area contributed by atoms with Crippen molar-refractivity contribution in [3.05, 3.63) is 29.3 Å². The van der Waals surface area contributed by atoms with E-state index in [0.29, 0.717) is 91.9 Å². The zero-order valence-corrected chi connectivity index (χ0v) is 30.6. The number of fused-ring (bicyclic) bond motifs is 6. The maximum absolute atomic E-state index is 13.1. The van der Waals surface area contributed by atoms with Gasteiger partial charge >= 0.3 is 18.2 Å². The largest absolute Gasteiger partial charge is 0.453 e. The number of hydrogen-bond acceptors (Lipinski definition) is 5. The molecule has 2 saturated carbocycles. The molecule has 0 bridgehead atoms. The number of halogens is 5. The van der Waals surface area contributed by atoms with Gasteiger partial charge in [0.05, 0.1) is 13.2 Å². The lowest BCUT2D eigenvalue weighted by Gasteiger charge is -2.51. The van der Waals surface area contributed by atoms with Crippen LogP contribution in [-0.4, -0.2) is 70.9 Å². The van der Waals surface area contributed by atoms with Crippen molar-refractivity contribution < 1.29 is 45.2 Å². The number of ether oxygens (including phenoxy) is 2. The van der Waals surface area contributed by atoms with Crippen LogP contribution < -0.4 is 4.74 Å². The maximum atomic E-state index is 13.1. The highest BCUT2D eigenvalue weighted by Gasteiger charge is 2.57. The van der Waals surface area contributed by atoms with E-state index in [9.17, 15) is 35.8 Å². The number of unbranched alkanes of at least 4 members (excludes halogenated alkanes) is 6. The number of ketones is 1. The molecule has 0 spiro atoms. The van der Waals surface area contributed by atoms with E-state index < -0.39 is 35.7 Å². The van der Waals surface area contributed by atoms with Crippen molar-refractivity contribution in [2.45, 2.75) is 121 Å². The second-order valence-corrected chi connectivity index (χ2v) is 18.0. The Morgan fingerprint density at radius 3 is 2.33 bits per heavy atom. The Hall–Kier alpha value is -2.08. The van der Waals surface area contributed by atoms with Crippen LogP contribution in [0.1, 0.15) is 114 Å². The zero-order chi connectivity index (χ0) is 36.4. The Morgan fingerprint density at radius 1 is 0.961 bits per heavy atom. The number of nitrogens with zero attached hydrogens (tertiary/aromatic N) is 1. The van der Waals surface area contributed by atoms with Crippen molar-refractivity contribution in [1.29, 1.82) is 0 Å². The molecule has 8 atom stereocenters. The van der Waals surface area contributed by atoms with Gasteiger partial charge in [0.25, 0.3) is 0 Å². The van der Waals surface area contributed by atoms with E-state index in [4.69, 9.17) is 9.47 Å². The van der Waals surface area contributed by atoms with Gasteiger partial charge in [0.2, 0.25) is 0 Å². The molecule has 1 aromatic rings. The van der Waals surface area contributed by atoms with E-state index in [0.717, 1.165) is 70.6 Å². The third-order valence-electron chi connectivity index (χ3n) is 13.0. The molecule has 4 fully saturated rings. The predicted molar refractivity (Wildman–Crippen MR) is 185 cm³/mol. The second-order valence-electron chi connectivity index (χ2n) is 16.3. The lowest BCUT2D eigenvalue weighted by Crippen LogP contribution is -2.46. The maximum Gasteiger partial charge on any atom is 0.453 e. The van der Waals surface area contributed by atoms with E-state index in [1.807, 2.05) is 11.0 Å². The van der Waals surface area contributed by atoms with Gasteiger partial charge in [-0.3, -0.25) is 9.00 Å². The highest BCUT2D eigenvalue weighted by Crippen LogP contribution is 2.61. The Bertz CT molecular complexity index is 1410. The molecule has 3 aliphatic carbocycles. The van der Waals surface area contributed by atoms with Crippen LogP contribution in [0.3, 0.4) is 0 Å². The number of hydrogen-bond donors (Lipinski definition) is 0. The Morgan fingerprint density at radius 2 is 1.63 bits per heavy atom. The van der Waals surface area contributed by atoms with Crippen LogP contribution in [0.2, 0.25) is 0 Å². The summed E-state index contributed by atoms with van der Waals surface area (Å²) in [5.74, 6) is -0.922. The molecular weight excluding hydrogens is 689 g/mol. The van der Waals surface area contributed by atoms with Gasteiger partial charge in [-0.05, 0) is 91.9 Å². The summed E-state index contributed by atoms with van der Waals surface area (Å²) in [7, 11) is -1.38. The first kappa shape index (κ1) is 38.6. The molecule has 12 heteroatoms. The number of rotatable bonds is 15. The van der Waals surface area contributed by atoms with Crippen LogP contribution in [0.5, 0.6) is 5.75 Å². The topological polar surface area (TPSA) is 72.9 Å². The Balaban J connectivity index is 0.965. The van der Waals surface area contributed by atoms with Crippen LogP contribution in [0.4, 0.5) is 26.7 Å². The van der Waals surface area contributed by atoms with Gasteiger partial charge in [-0.1, -0.05) is 51.5 Å². The summed E-state index contributed by atoms with van der Waals surface area (Å²) in [6, 6.07) is 6.23. The normalized spacial score (nSPS) is 30.9. The van der Waals surface area contributed by atoms with Gasteiger partial charge < -0.3 is 14.4 Å². The lowest BCUT2D eigenvalue weighted by molar-refractivity contribution is -0.284. The first-order chi connectivity index (χ1) is 24.3. The van der Waals surface area contributed by atoms with Crippen molar-refractivity contribution in [1.82, 2.24) is 4.90 Å². The summed E-state index contributed by atoms with van der Waals surface area (Å²) in [4.78, 5) is 28.0. The molecule has 1 amide bonds. The van der Waals surface area contributed by atoms with Gasteiger partial charge in [0.15, 0.2) is 0 Å². The summed E-state index contributed by atoms with van der Waals surface area (Å²) in [6.45, 7) is 5.00. The minimum atomic E-state index is -5.56. The molecule has 6 rings (SSSR count). The number of amides is 1. The van der Waals surface area contributed by atoms with Crippen LogP contribution in [0.25, 0.3) is 0 Å². The van der Waals surface area contributed by atoms with Crippen molar-refractivity contribution in [2.75, 3.05) is 37.8 Å². The highest BCUT2D eigenvalue weighted by atomic mass is 32.2. The molecule has 0 radical (unpaired) electrons. The minimum Gasteiger partial charge on any atom is -0.410 e. The fourth-order valence-corrected chi connectivity index (χ4v) is 11.3. The van der Waals surface area contributed by atoms with Crippen molar-refractivity contribution in [2.24, 2.45) is 35.0 Å². The van der Waals surface area contributed by atoms with Gasteiger partial charge in [-0.2, -0.15) is 22.0 Å². The average molecular weight is 744 g/mol. The molecule has 51 heavy (non-hydrogen) atoms. The van der Waals surface area contributed by atoms with Gasteiger partial charge in [-0.25, -0.2) is 4.79 Å². The standard InChI is InChI=1S/C39H54F5NO5S/c1-37-17-15-32-31-12-11-30(50-36(47)45-22-28-24-49-25-29(28)23-45)21-27(31)20-26(35(32)33(37)13-14-34(37)46)10-7-5-3-2-4-6-8-18-51(48)19-9-16-38(40,41)39(42,43)44/h11-12,21,26,28-29,32-33,35H,2-10,13-20,22-25H2,1H3/t26?,28?,29?,32-,33+,35-,37+,51?/m1/s1. The SMILES string of the molecule is C[C@]12CC[C@@H]3c4ccc(OC(=O)N5CC6COCC6C5)cc4CC(CCCCCCCCCS(=O)CCCC(F)(F)C(F)(F)F)[C@H]3[C@@H]1CCC2=O. The molecular formula is C39H54F5NO5S. The van der Waals surface area contributed by atoms with E-state index in [-0.39, 0.29) is 17.3 Å². The molecule has 4 unspecified atom stereocenters. The quantitative estimate of drug-likeness (QED) is 0.132. The Kier molecular flexibility index (Phi) is 12.2. The third kappa shape index (κ3) is 8.68. The summed E-state index contributed by atoms with van der Waals surface area (Å²) < 4.78 is 86.6. The molecule has 286 valence electrons.